The van der Waals surface area contributed by atoms with Gasteiger partial charge in [0.2, 0.25) is 0 Å². The molecule has 2 aliphatic heterocycles. The number of rotatable bonds is 14. The van der Waals surface area contributed by atoms with Crippen LogP contribution < -0.4 is 21.3 Å². The van der Waals surface area contributed by atoms with Crippen LogP contribution in [0.2, 0.25) is 0 Å². The van der Waals surface area contributed by atoms with Crippen LogP contribution in [-0.4, -0.2) is 131 Å². The van der Waals surface area contributed by atoms with E-state index < -0.39 is 53.9 Å². The predicted octanol–water partition coefficient (Wildman–Crippen LogP) is 8.23. The molecule has 0 aromatic carbocycles. The molecular formula is C50H68F2N10O6S2. The van der Waals surface area contributed by atoms with E-state index in [2.05, 4.69) is 41.2 Å². The van der Waals surface area contributed by atoms with Crippen molar-refractivity contribution in [3.63, 3.8) is 0 Å². The number of amides is 4. The maximum atomic E-state index is 14.0. The fourth-order valence-electron chi connectivity index (χ4n) is 9.33. The van der Waals surface area contributed by atoms with Gasteiger partial charge in [-0.15, -0.1) is 22.7 Å². The van der Waals surface area contributed by atoms with Crippen molar-refractivity contribution in [2.75, 3.05) is 36.8 Å². The molecule has 0 radical (unpaired) electrons. The Bertz CT molecular complexity index is 2540. The topological polar surface area (TPSA) is 215 Å². The number of hydrogen-bond donors (Lipinski definition) is 6. The number of likely N-dealkylation sites (tertiary alicyclic amines) is 2. The molecule has 20 heteroatoms. The fraction of sp³-hybridized carbons (Fsp3) is 0.600. The Morgan fingerprint density at radius 3 is 1.47 bits per heavy atom. The average molecular weight is 1010 g/mol. The zero-order valence-electron chi connectivity index (χ0n) is 41.5. The van der Waals surface area contributed by atoms with Gasteiger partial charge in [-0.3, -0.25) is 19.2 Å². The molecule has 4 aliphatic rings. The number of pyridine rings is 2. The van der Waals surface area contributed by atoms with Gasteiger partial charge < -0.3 is 41.3 Å². The molecule has 0 spiro atoms. The van der Waals surface area contributed by atoms with Crippen LogP contribution in [0.5, 0.6) is 0 Å². The van der Waals surface area contributed by atoms with Crippen LogP contribution in [0.15, 0.2) is 24.5 Å². The van der Waals surface area contributed by atoms with E-state index in [0.717, 1.165) is 83.1 Å². The first-order valence-corrected chi connectivity index (χ1v) is 26.1. The van der Waals surface area contributed by atoms with E-state index in [4.69, 9.17) is 0 Å². The molecule has 2 saturated carbocycles. The summed E-state index contributed by atoms with van der Waals surface area (Å²) in [6, 6.07) is 4.23. The number of aromatic nitrogens is 4. The van der Waals surface area contributed by atoms with Crippen LogP contribution in [0.3, 0.4) is 0 Å². The minimum atomic E-state index is -2.97. The third kappa shape index (κ3) is 13.2. The van der Waals surface area contributed by atoms with E-state index in [1.807, 2.05) is 37.8 Å². The highest BCUT2D eigenvalue weighted by atomic mass is 32.1. The summed E-state index contributed by atoms with van der Waals surface area (Å²) >= 11 is 2.21. The van der Waals surface area contributed by atoms with E-state index in [0.29, 0.717) is 39.6 Å². The average Bonchev–Trinajstić information content (AvgIpc) is 4.15. The van der Waals surface area contributed by atoms with Gasteiger partial charge in [-0.25, -0.2) is 28.7 Å². The number of carbonyl (C=O) groups excluding carboxylic acids is 4. The van der Waals surface area contributed by atoms with Crippen molar-refractivity contribution in [2.45, 2.75) is 167 Å². The van der Waals surface area contributed by atoms with E-state index in [-0.39, 0.29) is 40.7 Å². The summed E-state index contributed by atoms with van der Waals surface area (Å²) in [5, 5.41) is 32.4. The maximum Gasteiger partial charge on any atom is 0.280 e. The standard InChI is InChI=1S/C25H33F2N5O3S.C25H35N5O3S/c1-14-9-18(30-16-7-5-6-8-16)28-11-17(14)20-19(23(34)32-13-25(26,27)10-15(32)2)31-22(36-20)21(33)29-12-24(3,4)35;1-15-12-19(28-17-9-5-6-10-17)26-13-18(15)21-20(24(32)30-11-7-8-16(30)2)29-23(34-21)22(31)27-14-25(3,4)33/h9,11,15-16,35H,5-8,10,12-13H2,1-4H3,(H,28,30)(H,29,33);12-13,16-17,33H,5-11,14H2,1-4H3,(H,26,28)(H,27,31)/t15-;16-/m00/s1. The number of thiazole rings is 2. The van der Waals surface area contributed by atoms with E-state index in [9.17, 15) is 38.2 Å². The van der Waals surface area contributed by atoms with Crippen molar-refractivity contribution in [1.82, 2.24) is 40.4 Å². The van der Waals surface area contributed by atoms with Gasteiger partial charge in [-0.05, 0) is 117 Å². The van der Waals surface area contributed by atoms with Crippen LogP contribution in [-0.2, 0) is 0 Å². The van der Waals surface area contributed by atoms with E-state index in [1.165, 1.54) is 37.0 Å². The van der Waals surface area contributed by atoms with Gasteiger partial charge in [0.05, 0.1) is 27.5 Å². The summed E-state index contributed by atoms with van der Waals surface area (Å²) in [5.41, 5.74) is 1.32. The lowest BCUT2D eigenvalue weighted by atomic mass is 10.1. The van der Waals surface area contributed by atoms with Crippen molar-refractivity contribution in [2.24, 2.45) is 0 Å². The van der Waals surface area contributed by atoms with Crippen LogP contribution in [0.1, 0.15) is 164 Å². The van der Waals surface area contributed by atoms with E-state index in [1.54, 1.807) is 47.0 Å². The molecule has 16 nitrogen and oxygen atoms in total. The van der Waals surface area contributed by atoms with Crippen molar-refractivity contribution in [3.05, 3.63) is 57.1 Å². The number of hydrogen-bond acceptors (Lipinski definition) is 14. The van der Waals surface area contributed by atoms with E-state index >= 15 is 0 Å². The smallest absolute Gasteiger partial charge is 0.280 e. The second-order valence-corrected chi connectivity index (χ2v) is 22.7. The van der Waals surface area contributed by atoms with Gasteiger partial charge in [0.25, 0.3) is 29.6 Å². The molecule has 70 heavy (non-hydrogen) atoms. The Morgan fingerprint density at radius 2 is 1.11 bits per heavy atom. The number of nitrogens with zero attached hydrogens (tertiary/aromatic N) is 6. The lowest BCUT2D eigenvalue weighted by Crippen LogP contribution is -2.38. The molecule has 0 bridgehead atoms. The zero-order chi connectivity index (χ0) is 50.7. The molecule has 6 N–H and O–H groups in total. The Hall–Kier alpha value is -5.18. The maximum absolute atomic E-state index is 14.0. The Labute approximate surface area is 416 Å². The second-order valence-electron chi connectivity index (χ2n) is 20.7. The number of aryl methyl sites for hydroxylation is 2. The monoisotopic (exact) mass is 1010 g/mol. The SMILES string of the molecule is Cc1cc(NC2CCCC2)ncc1-c1sc(C(=O)NCC(C)(C)O)nc1C(=O)N1CC(F)(F)C[C@@H]1C.Cc1cc(NC2CCCC2)ncc1-c1sc(C(=O)NCC(C)(C)O)nc1C(=O)N1CCC[C@@H]1C. The molecular weight excluding hydrogens is 939 g/mol. The highest BCUT2D eigenvalue weighted by Crippen LogP contribution is 2.39. The number of halogens is 2. The van der Waals surface area contributed by atoms with Gasteiger partial charge in [-0.2, -0.15) is 0 Å². The first-order valence-electron chi connectivity index (χ1n) is 24.4. The number of alkyl halides is 2. The van der Waals surface area contributed by atoms with Crippen molar-refractivity contribution >= 4 is 57.9 Å². The Kier molecular flexibility index (Phi) is 16.3. The molecule has 380 valence electrons. The number of nitrogens with one attached hydrogen (secondary N) is 4. The molecule has 2 saturated heterocycles. The van der Waals surface area contributed by atoms with Crippen molar-refractivity contribution in [3.8, 4) is 20.9 Å². The summed E-state index contributed by atoms with van der Waals surface area (Å²) in [7, 11) is 0. The normalized spacial score (nSPS) is 19.5. The molecule has 8 rings (SSSR count). The molecule has 2 aliphatic carbocycles. The number of anilines is 2. The second kappa shape index (κ2) is 21.7. The van der Waals surface area contributed by atoms with Crippen LogP contribution in [0.25, 0.3) is 20.9 Å². The third-order valence-electron chi connectivity index (χ3n) is 13.1. The van der Waals surface area contributed by atoms with Crippen LogP contribution in [0, 0.1) is 13.8 Å². The minimum Gasteiger partial charge on any atom is -0.389 e. The van der Waals surface area contributed by atoms with Crippen LogP contribution >= 0.6 is 22.7 Å². The first kappa shape index (κ1) is 52.6. The molecule has 4 fully saturated rings. The molecule has 4 aromatic rings. The summed E-state index contributed by atoms with van der Waals surface area (Å²) < 4.78 is 28.1. The van der Waals surface area contributed by atoms with Crippen molar-refractivity contribution < 1.29 is 38.2 Å². The summed E-state index contributed by atoms with van der Waals surface area (Å²) in [6.07, 6.45) is 14.3. The Morgan fingerprint density at radius 1 is 0.686 bits per heavy atom. The highest BCUT2D eigenvalue weighted by Gasteiger charge is 2.46. The minimum absolute atomic E-state index is 0.0124. The molecule has 0 unspecified atom stereocenters. The quantitative estimate of drug-likeness (QED) is 0.0705. The fourth-order valence-corrected chi connectivity index (χ4v) is 11.4. The molecule has 4 aromatic heterocycles. The molecule has 6 heterocycles. The van der Waals surface area contributed by atoms with Gasteiger partial charge in [0.1, 0.15) is 23.0 Å². The lowest BCUT2D eigenvalue weighted by molar-refractivity contribution is 0.0117. The van der Waals surface area contributed by atoms with Crippen molar-refractivity contribution in [1.29, 1.82) is 0 Å². The first-order chi connectivity index (χ1) is 32.9. The number of carbonyl (C=O) groups is 4. The lowest BCUT2D eigenvalue weighted by Gasteiger charge is -2.21. The largest absolute Gasteiger partial charge is 0.389 e. The molecule has 2 atom stereocenters. The predicted molar refractivity (Wildman–Crippen MR) is 269 cm³/mol. The zero-order valence-corrected chi connectivity index (χ0v) is 43.1. The summed E-state index contributed by atoms with van der Waals surface area (Å²) in [4.78, 5) is 74.5. The third-order valence-corrected chi connectivity index (χ3v) is 15.3. The summed E-state index contributed by atoms with van der Waals surface area (Å²) in [6.45, 7) is 14.0. The summed E-state index contributed by atoms with van der Waals surface area (Å²) in [5.74, 6) is -3.13. The number of aliphatic hydroxyl groups is 2. The molecule has 4 amide bonds. The van der Waals surface area contributed by atoms with Gasteiger partial charge in [0.15, 0.2) is 10.0 Å². The van der Waals surface area contributed by atoms with Gasteiger partial charge in [0, 0.05) is 73.7 Å². The van der Waals surface area contributed by atoms with Gasteiger partial charge >= 0.3 is 0 Å². The highest BCUT2D eigenvalue weighted by molar-refractivity contribution is 7.17. The van der Waals surface area contributed by atoms with Gasteiger partial charge in [-0.1, -0.05) is 25.7 Å². The Balaban J connectivity index is 0.000000207. The van der Waals surface area contributed by atoms with Crippen LogP contribution in [0.4, 0.5) is 20.4 Å².